The number of halogens is 1. The van der Waals surface area contributed by atoms with E-state index in [2.05, 4.69) is 9.97 Å². The van der Waals surface area contributed by atoms with E-state index in [0.29, 0.717) is 22.1 Å². The summed E-state index contributed by atoms with van der Waals surface area (Å²) in [5.41, 5.74) is 9.48. The number of fused-ring (bicyclic) bond motifs is 1. The molecule has 0 saturated carbocycles. The Bertz CT molecular complexity index is 716. The highest BCUT2D eigenvalue weighted by atomic mass is 35.5. The van der Waals surface area contributed by atoms with Crippen molar-refractivity contribution in [2.75, 3.05) is 5.73 Å². The van der Waals surface area contributed by atoms with Crippen LogP contribution in [0.15, 0.2) is 36.5 Å². The van der Waals surface area contributed by atoms with Crippen LogP contribution in [0.1, 0.15) is 5.56 Å². The molecule has 4 nitrogen and oxygen atoms in total. The molecule has 1 aromatic carbocycles. The summed E-state index contributed by atoms with van der Waals surface area (Å²) in [6.07, 6.45) is 1.59. The van der Waals surface area contributed by atoms with Crippen molar-refractivity contribution in [2.45, 2.75) is 6.92 Å². The highest BCUT2D eigenvalue weighted by Gasteiger charge is 2.11. The average Bonchev–Trinajstić information content (AvgIpc) is 2.65. The third-order valence-electron chi connectivity index (χ3n) is 2.78. The van der Waals surface area contributed by atoms with E-state index in [0.717, 1.165) is 5.69 Å². The molecule has 0 bridgehead atoms. The summed E-state index contributed by atoms with van der Waals surface area (Å²) in [7, 11) is 0. The van der Waals surface area contributed by atoms with E-state index in [1.165, 1.54) is 5.56 Å². The minimum absolute atomic E-state index is 0.406. The van der Waals surface area contributed by atoms with E-state index in [1.807, 2.05) is 35.8 Å². The van der Waals surface area contributed by atoms with Crippen molar-refractivity contribution in [1.29, 1.82) is 0 Å². The molecule has 2 N–H and O–H groups in total. The van der Waals surface area contributed by atoms with Crippen LogP contribution in [-0.2, 0) is 0 Å². The number of aromatic nitrogens is 3. The smallest absolute Gasteiger partial charge is 0.207 e. The van der Waals surface area contributed by atoms with E-state index in [-0.39, 0.29) is 0 Å². The van der Waals surface area contributed by atoms with Crippen LogP contribution in [0.3, 0.4) is 0 Å². The van der Waals surface area contributed by atoms with Gasteiger partial charge in [0.15, 0.2) is 5.65 Å². The van der Waals surface area contributed by atoms with Gasteiger partial charge < -0.3 is 5.73 Å². The average molecular weight is 259 g/mol. The maximum Gasteiger partial charge on any atom is 0.207 e. The van der Waals surface area contributed by atoms with Gasteiger partial charge in [0.2, 0.25) is 5.95 Å². The zero-order chi connectivity index (χ0) is 12.7. The van der Waals surface area contributed by atoms with Crippen molar-refractivity contribution >= 4 is 28.7 Å². The number of aryl methyl sites for hydroxylation is 1. The van der Waals surface area contributed by atoms with Crippen molar-refractivity contribution in [2.24, 2.45) is 0 Å². The van der Waals surface area contributed by atoms with Crippen LogP contribution in [-0.4, -0.2) is 14.5 Å². The number of benzene rings is 1. The number of imidazole rings is 1. The first-order chi connectivity index (χ1) is 8.65. The number of nitrogens with zero attached hydrogens (tertiary/aromatic N) is 3. The van der Waals surface area contributed by atoms with Crippen LogP contribution in [0.4, 0.5) is 5.95 Å². The van der Waals surface area contributed by atoms with Gasteiger partial charge in [0.25, 0.3) is 0 Å². The van der Waals surface area contributed by atoms with Crippen LogP contribution in [0.2, 0.25) is 5.02 Å². The normalized spacial score (nSPS) is 11.0. The van der Waals surface area contributed by atoms with Gasteiger partial charge in [0.1, 0.15) is 5.52 Å². The molecule has 0 spiro atoms. The Labute approximate surface area is 109 Å². The molecular weight excluding hydrogens is 248 g/mol. The van der Waals surface area contributed by atoms with Crippen LogP contribution in [0.5, 0.6) is 0 Å². The van der Waals surface area contributed by atoms with E-state index < -0.39 is 0 Å². The predicted octanol–water partition coefficient (Wildman–Crippen LogP) is 2.96. The Morgan fingerprint density at radius 2 is 1.94 bits per heavy atom. The number of rotatable bonds is 1. The molecule has 2 aromatic heterocycles. The summed E-state index contributed by atoms with van der Waals surface area (Å²) in [5.74, 6) is 0.406. The van der Waals surface area contributed by atoms with Crippen LogP contribution >= 0.6 is 11.6 Å². The zero-order valence-electron chi connectivity index (χ0n) is 9.76. The van der Waals surface area contributed by atoms with Crippen molar-refractivity contribution < 1.29 is 0 Å². The first kappa shape index (κ1) is 11.0. The molecule has 2 heterocycles. The van der Waals surface area contributed by atoms with Crippen LogP contribution in [0, 0.1) is 6.92 Å². The Hall–Kier alpha value is -2.07. The summed E-state index contributed by atoms with van der Waals surface area (Å²) < 4.78 is 1.81. The van der Waals surface area contributed by atoms with Crippen molar-refractivity contribution in [1.82, 2.24) is 14.5 Å². The number of nitrogens with two attached hydrogens (primary N) is 1. The molecule has 0 atom stereocenters. The highest BCUT2D eigenvalue weighted by Crippen LogP contribution is 2.23. The maximum atomic E-state index is 5.94. The first-order valence-corrected chi connectivity index (χ1v) is 5.89. The third-order valence-corrected chi connectivity index (χ3v) is 2.99. The molecule has 0 unspecified atom stereocenters. The summed E-state index contributed by atoms with van der Waals surface area (Å²) in [6, 6.07) is 9.78. The van der Waals surface area contributed by atoms with Crippen LogP contribution in [0.25, 0.3) is 16.9 Å². The van der Waals surface area contributed by atoms with Crippen molar-refractivity contribution in [3.8, 4) is 5.69 Å². The molecule has 90 valence electrons. The topological polar surface area (TPSA) is 56.7 Å². The summed E-state index contributed by atoms with van der Waals surface area (Å²) >= 11 is 5.89. The Morgan fingerprint density at radius 1 is 1.22 bits per heavy atom. The van der Waals surface area contributed by atoms with E-state index in [9.17, 15) is 0 Å². The lowest BCUT2D eigenvalue weighted by molar-refractivity contribution is 1.08. The van der Waals surface area contributed by atoms with E-state index in [1.54, 1.807) is 12.3 Å². The van der Waals surface area contributed by atoms with Crippen molar-refractivity contribution in [3.05, 3.63) is 47.1 Å². The van der Waals surface area contributed by atoms with Gasteiger partial charge >= 0.3 is 0 Å². The number of pyridine rings is 1. The fraction of sp³-hybridized carbons (Fsp3) is 0.0769. The Kier molecular flexibility index (Phi) is 2.45. The SMILES string of the molecule is Cc1ccc(-n2c(N)nc3cc(Cl)cnc32)cc1. The third kappa shape index (κ3) is 1.71. The number of hydrogen-bond donors (Lipinski definition) is 1. The summed E-state index contributed by atoms with van der Waals surface area (Å²) in [5, 5.41) is 0.552. The maximum absolute atomic E-state index is 5.94. The minimum Gasteiger partial charge on any atom is -0.369 e. The zero-order valence-corrected chi connectivity index (χ0v) is 10.5. The molecule has 0 aliphatic carbocycles. The quantitative estimate of drug-likeness (QED) is 0.730. The molecule has 0 amide bonds. The van der Waals surface area contributed by atoms with Crippen molar-refractivity contribution in [3.63, 3.8) is 0 Å². The molecule has 0 saturated heterocycles. The number of anilines is 1. The van der Waals surface area contributed by atoms with Gasteiger partial charge in [-0.25, -0.2) is 9.97 Å². The summed E-state index contributed by atoms with van der Waals surface area (Å²) in [6.45, 7) is 2.04. The van der Waals surface area contributed by atoms with E-state index in [4.69, 9.17) is 17.3 Å². The number of nitrogen functional groups attached to an aromatic ring is 1. The lowest BCUT2D eigenvalue weighted by Crippen LogP contribution is -2.01. The monoisotopic (exact) mass is 258 g/mol. The second kappa shape index (κ2) is 3.99. The fourth-order valence-electron chi connectivity index (χ4n) is 1.91. The molecule has 0 fully saturated rings. The molecule has 5 heteroatoms. The molecular formula is C13H11ClN4. The van der Waals surface area contributed by atoms with Gasteiger partial charge in [-0.2, -0.15) is 0 Å². The lowest BCUT2D eigenvalue weighted by atomic mass is 10.2. The Balaban J connectivity index is 2.28. The molecule has 0 aliphatic rings. The van der Waals surface area contributed by atoms with E-state index >= 15 is 0 Å². The van der Waals surface area contributed by atoms with Gasteiger partial charge in [0, 0.05) is 6.20 Å². The van der Waals surface area contributed by atoms with Gasteiger partial charge in [0.05, 0.1) is 10.7 Å². The lowest BCUT2D eigenvalue weighted by Gasteiger charge is -2.05. The molecule has 3 aromatic rings. The standard InChI is InChI=1S/C13H11ClN4/c1-8-2-4-10(5-3-8)18-12-11(17-13(18)15)6-9(14)7-16-12/h2-7H,1H3,(H2,15,17). The predicted molar refractivity (Wildman–Crippen MR) is 73.0 cm³/mol. The molecule has 18 heavy (non-hydrogen) atoms. The molecule has 0 aliphatic heterocycles. The summed E-state index contributed by atoms with van der Waals surface area (Å²) in [4.78, 5) is 8.56. The molecule has 0 radical (unpaired) electrons. The molecule has 3 rings (SSSR count). The van der Waals surface area contributed by atoms with Crippen LogP contribution < -0.4 is 5.73 Å². The Morgan fingerprint density at radius 3 is 2.67 bits per heavy atom. The fourth-order valence-corrected chi connectivity index (χ4v) is 2.06. The first-order valence-electron chi connectivity index (χ1n) is 5.51. The van der Waals surface area contributed by atoms with Gasteiger partial charge in [-0.05, 0) is 25.1 Å². The number of hydrogen-bond acceptors (Lipinski definition) is 3. The largest absolute Gasteiger partial charge is 0.369 e. The second-order valence-electron chi connectivity index (χ2n) is 4.14. The van der Waals surface area contributed by atoms with Gasteiger partial charge in [-0.3, -0.25) is 4.57 Å². The van der Waals surface area contributed by atoms with Gasteiger partial charge in [-0.15, -0.1) is 0 Å². The minimum atomic E-state index is 0.406. The second-order valence-corrected chi connectivity index (χ2v) is 4.57. The highest BCUT2D eigenvalue weighted by molar-refractivity contribution is 6.31. The van der Waals surface area contributed by atoms with Gasteiger partial charge in [-0.1, -0.05) is 29.3 Å².